The monoisotopic (exact) mass is 254 g/mol. The Kier molecular flexibility index (Phi) is 4.76. The van der Waals surface area contributed by atoms with E-state index in [4.69, 9.17) is 5.11 Å². The van der Waals surface area contributed by atoms with Crippen molar-refractivity contribution in [3.8, 4) is 0 Å². The van der Waals surface area contributed by atoms with Gasteiger partial charge in [-0.15, -0.1) is 0 Å². The van der Waals surface area contributed by atoms with E-state index in [1.807, 2.05) is 0 Å². The molecule has 98 valence electrons. The van der Waals surface area contributed by atoms with Gasteiger partial charge in [-0.3, -0.25) is 9.59 Å². The smallest absolute Gasteiger partial charge is 0.305 e. The first kappa shape index (κ1) is 14.1. The molecule has 0 radical (unpaired) electrons. The third-order valence-corrected chi connectivity index (χ3v) is 2.39. The molecule has 0 aromatic carbocycles. The lowest BCUT2D eigenvalue weighted by molar-refractivity contribution is -0.137. The molecule has 18 heavy (non-hydrogen) atoms. The van der Waals surface area contributed by atoms with Crippen LogP contribution in [0.4, 0.5) is 4.39 Å². The molecule has 5 nitrogen and oxygen atoms in total. The third kappa shape index (κ3) is 3.80. The molecule has 1 rings (SSSR count). The summed E-state index contributed by atoms with van der Waals surface area (Å²) < 4.78 is 12.9. The minimum Gasteiger partial charge on any atom is -0.481 e. The summed E-state index contributed by atoms with van der Waals surface area (Å²) in [5.41, 5.74) is -0.0194. The van der Waals surface area contributed by atoms with Crippen LogP contribution in [0.25, 0.3) is 0 Å². The van der Waals surface area contributed by atoms with Gasteiger partial charge in [-0.1, -0.05) is 6.07 Å². The Bertz CT molecular complexity index is 449. The molecular weight excluding hydrogens is 239 g/mol. The van der Waals surface area contributed by atoms with Crippen molar-refractivity contribution in [2.75, 3.05) is 6.54 Å². The molecule has 0 saturated heterocycles. The molecule has 1 N–H and O–H groups in total. The van der Waals surface area contributed by atoms with Gasteiger partial charge in [0.05, 0.1) is 6.42 Å². The summed E-state index contributed by atoms with van der Waals surface area (Å²) in [5, 5.41) is 8.63. The number of pyridine rings is 1. The summed E-state index contributed by atoms with van der Waals surface area (Å²) in [6.45, 7) is 3.60. The zero-order valence-corrected chi connectivity index (χ0v) is 10.3. The van der Waals surface area contributed by atoms with Crippen LogP contribution in [0, 0.1) is 5.95 Å². The van der Waals surface area contributed by atoms with E-state index in [0.29, 0.717) is 0 Å². The van der Waals surface area contributed by atoms with Gasteiger partial charge >= 0.3 is 5.97 Å². The van der Waals surface area contributed by atoms with E-state index in [1.54, 1.807) is 13.8 Å². The van der Waals surface area contributed by atoms with Gasteiger partial charge in [0.1, 0.15) is 5.69 Å². The molecule has 0 aliphatic carbocycles. The van der Waals surface area contributed by atoms with Gasteiger partial charge in [-0.05, 0) is 26.0 Å². The van der Waals surface area contributed by atoms with Crippen molar-refractivity contribution in [1.29, 1.82) is 0 Å². The number of hydrogen-bond donors (Lipinski definition) is 1. The van der Waals surface area contributed by atoms with Gasteiger partial charge in [0.2, 0.25) is 5.95 Å². The van der Waals surface area contributed by atoms with E-state index < -0.39 is 17.8 Å². The third-order valence-electron chi connectivity index (χ3n) is 2.39. The van der Waals surface area contributed by atoms with E-state index >= 15 is 0 Å². The Morgan fingerprint density at radius 2 is 2.11 bits per heavy atom. The average Bonchev–Trinajstić information content (AvgIpc) is 2.28. The fourth-order valence-corrected chi connectivity index (χ4v) is 1.48. The van der Waals surface area contributed by atoms with Crippen LogP contribution < -0.4 is 0 Å². The molecule has 0 bridgehead atoms. The molecule has 0 unspecified atom stereocenters. The maximum absolute atomic E-state index is 12.9. The number of aromatic nitrogens is 1. The molecule has 1 aromatic heterocycles. The van der Waals surface area contributed by atoms with E-state index in [0.717, 1.165) is 6.07 Å². The summed E-state index contributed by atoms with van der Waals surface area (Å²) in [6.07, 6.45) is -0.154. The molecule has 1 amide bonds. The van der Waals surface area contributed by atoms with Crippen molar-refractivity contribution in [3.63, 3.8) is 0 Å². The van der Waals surface area contributed by atoms with Crippen LogP contribution in [0.15, 0.2) is 18.2 Å². The summed E-state index contributed by atoms with van der Waals surface area (Å²) >= 11 is 0. The van der Waals surface area contributed by atoms with Crippen LogP contribution in [0.1, 0.15) is 30.8 Å². The fraction of sp³-hybridized carbons (Fsp3) is 0.417. The van der Waals surface area contributed by atoms with Gasteiger partial charge in [0.25, 0.3) is 5.91 Å². The highest BCUT2D eigenvalue weighted by molar-refractivity contribution is 5.92. The zero-order valence-electron chi connectivity index (χ0n) is 10.3. The summed E-state index contributed by atoms with van der Waals surface area (Å²) in [5.74, 6) is -2.19. The standard InChI is InChI=1S/C12H15FN2O3/c1-8(2)15(7-6-11(16)17)12(18)9-4-3-5-10(13)14-9/h3-5,8H,6-7H2,1-2H3,(H,16,17). The van der Waals surface area contributed by atoms with E-state index in [2.05, 4.69) is 4.98 Å². The first-order chi connectivity index (χ1) is 8.41. The van der Waals surface area contributed by atoms with Crippen LogP contribution in [-0.2, 0) is 4.79 Å². The molecule has 0 atom stereocenters. The van der Waals surface area contributed by atoms with Gasteiger partial charge < -0.3 is 10.0 Å². The maximum Gasteiger partial charge on any atom is 0.305 e. The van der Waals surface area contributed by atoms with E-state index in [-0.39, 0.29) is 24.7 Å². The zero-order chi connectivity index (χ0) is 13.7. The first-order valence-electron chi connectivity index (χ1n) is 5.57. The number of rotatable bonds is 5. The van der Waals surface area contributed by atoms with E-state index in [9.17, 15) is 14.0 Å². The second-order valence-corrected chi connectivity index (χ2v) is 4.08. The van der Waals surface area contributed by atoms with Crippen LogP contribution in [0.3, 0.4) is 0 Å². The predicted octanol–water partition coefficient (Wildman–Crippen LogP) is 1.55. The number of hydrogen-bond acceptors (Lipinski definition) is 3. The SMILES string of the molecule is CC(C)N(CCC(=O)O)C(=O)c1cccc(F)n1. The molecule has 0 fully saturated rings. The van der Waals surface area contributed by atoms with Gasteiger partial charge in [0.15, 0.2) is 0 Å². The number of amides is 1. The number of carbonyl (C=O) groups is 2. The number of carboxylic acids is 1. The highest BCUT2D eigenvalue weighted by atomic mass is 19.1. The fourth-order valence-electron chi connectivity index (χ4n) is 1.48. The number of nitrogens with zero attached hydrogens (tertiary/aromatic N) is 2. The number of carboxylic acid groups (broad SMARTS) is 1. The molecule has 0 spiro atoms. The Labute approximate surface area is 104 Å². The Morgan fingerprint density at radius 1 is 1.44 bits per heavy atom. The quantitative estimate of drug-likeness (QED) is 0.809. The van der Waals surface area contributed by atoms with Crippen molar-refractivity contribution in [1.82, 2.24) is 9.88 Å². The van der Waals surface area contributed by atoms with Crippen LogP contribution in [0.2, 0.25) is 0 Å². The van der Waals surface area contributed by atoms with Gasteiger partial charge in [-0.2, -0.15) is 4.39 Å². The lowest BCUT2D eigenvalue weighted by Crippen LogP contribution is -2.39. The van der Waals surface area contributed by atoms with Crippen molar-refractivity contribution in [2.45, 2.75) is 26.3 Å². The van der Waals surface area contributed by atoms with Gasteiger partial charge in [-0.25, -0.2) is 4.98 Å². The average molecular weight is 254 g/mol. The molecule has 0 aliphatic rings. The van der Waals surface area contributed by atoms with Gasteiger partial charge in [0, 0.05) is 12.6 Å². The van der Waals surface area contributed by atoms with Crippen molar-refractivity contribution in [3.05, 3.63) is 29.8 Å². The predicted molar refractivity (Wildman–Crippen MR) is 62.6 cm³/mol. The van der Waals surface area contributed by atoms with Crippen LogP contribution in [-0.4, -0.2) is 39.5 Å². The lowest BCUT2D eigenvalue weighted by atomic mass is 10.2. The maximum atomic E-state index is 12.9. The van der Waals surface area contributed by atoms with Crippen molar-refractivity contribution in [2.24, 2.45) is 0 Å². The van der Waals surface area contributed by atoms with Crippen LogP contribution >= 0.6 is 0 Å². The van der Waals surface area contributed by atoms with Crippen LogP contribution in [0.5, 0.6) is 0 Å². The lowest BCUT2D eigenvalue weighted by Gasteiger charge is -2.25. The topological polar surface area (TPSA) is 70.5 Å². The molecule has 1 aromatic rings. The Hall–Kier alpha value is -1.98. The molecule has 1 heterocycles. The molecule has 6 heteroatoms. The minimum atomic E-state index is -0.986. The first-order valence-corrected chi connectivity index (χ1v) is 5.57. The summed E-state index contributed by atoms with van der Waals surface area (Å²) in [6, 6.07) is 3.77. The van der Waals surface area contributed by atoms with E-state index in [1.165, 1.54) is 17.0 Å². The Morgan fingerprint density at radius 3 is 2.61 bits per heavy atom. The molecule has 0 saturated carbocycles. The summed E-state index contributed by atoms with van der Waals surface area (Å²) in [7, 11) is 0. The second kappa shape index (κ2) is 6.09. The largest absolute Gasteiger partial charge is 0.481 e. The van der Waals surface area contributed by atoms with Crippen molar-refractivity contribution < 1.29 is 19.1 Å². The second-order valence-electron chi connectivity index (χ2n) is 4.08. The minimum absolute atomic E-state index is 0.0194. The number of aliphatic carboxylic acids is 1. The number of carbonyl (C=O) groups excluding carboxylic acids is 1. The van der Waals surface area contributed by atoms with Crippen molar-refractivity contribution >= 4 is 11.9 Å². The summed E-state index contributed by atoms with van der Waals surface area (Å²) in [4.78, 5) is 27.4. The Balaban J connectivity index is 2.85. The number of halogens is 1. The highest BCUT2D eigenvalue weighted by Gasteiger charge is 2.20. The highest BCUT2D eigenvalue weighted by Crippen LogP contribution is 2.08. The molecule has 0 aliphatic heterocycles. The normalized spacial score (nSPS) is 10.4. The molecular formula is C12H15FN2O3.